The maximum absolute atomic E-state index is 14.6. The molecule has 0 bridgehead atoms. The summed E-state index contributed by atoms with van der Waals surface area (Å²) < 4.78 is 0. The summed E-state index contributed by atoms with van der Waals surface area (Å²) in [5, 5.41) is 9.44. The second-order valence-corrected chi connectivity index (χ2v) is 10.5. The highest BCUT2D eigenvalue weighted by molar-refractivity contribution is 6.35. The fourth-order valence-corrected chi connectivity index (χ4v) is 7.23. The van der Waals surface area contributed by atoms with Crippen molar-refractivity contribution < 1.29 is 14.4 Å². The van der Waals surface area contributed by atoms with Crippen LogP contribution in [0.15, 0.2) is 103 Å². The van der Waals surface area contributed by atoms with Crippen LogP contribution in [0.1, 0.15) is 65.3 Å². The number of fused-ring (bicyclic) bond motifs is 5. The van der Waals surface area contributed by atoms with E-state index >= 15 is 0 Å². The van der Waals surface area contributed by atoms with Gasteiger partial charge in [0.05, 0.1) is 17.6 Å². The second-order valence-electron chi connectivity index (χ2n) is 10.5. The average molecular weight is 509 g/mol. The fraction of sp³-hybridized carbons (Fsp3) is 0.176. The molecule has 4 aromatic rings. The molecule has 2 aliphatic heterocycles. The molecule has 188 valence electrons. The van der Waals surface area contributed by atoms with Gasteiger partial charge in [0.2, 0.25) is 0 Å². The minimum atomic E-state index is -1.65. The first-order valence-corrected chi connectivity index (χ1v) is 13.2. The number of ketones is 3. The number of benzene rings is 4. The molecule has 5 nitrogen and oxygen atoms in total. The third-order valence-corrected chi connectivity index (χ3v) is 8.81. The van der Waals surface area contributed by atoms with Crippen molar-refractivity contribution in [3.05, 3.63) is 142 Å². The molecule has 0 amide bonds. The molecule has 1 spiro atoms. The molecule has 39 heavy (non-hydrogen) atoms. The van der Waals surface area contributed by atoms with Crippen LogP contribution in [-0.4, -0.2) is 34.3 Å². The number of carbonyl (C=O) groups excluding carboxylic acids is 3. The lowest BCUT2D eigenvalue weighted by atomic mass is 9.69. The van der Waals surface area contributed by atoms with Gasteiger partial charge in [0, 0.05) is 35.2 Å². The van der Waals surface area contributed by atoms with E-state index in [0.29, 0.717) is 35.2 Å². The third kappa shape index (κ3) is 3.13. The summed E-state index contributed by atoms with van der Waals surface area (Å²) in [5.74, 6) is -2.23. The Morgan fingerprint density at radius 3 is 2.08 bits per heavy atom. The Kier molecular flexibility index (Phi) is 5.23. The number of nitriles is 1. The Hall–Kier alpha value is -4.66. The lowest BCUT2D eigenvalue weighted by Gasteiger charge is -2.41. The van der Waals surface area contributed by atoms with Crippen molar-refractivity contribution in [3.63, 3.8) is 0 Å². The van der Waals surface area contributed by atoms with E-state index in [1.54, 1.807) is 60.7 Å². The molecule has 1 aliphatic carbocycles. The molecular formula is C34H24N2O3. The molecule has 3 atom stereocenters. The Labute approximate surface area is 226 Å². The average Bonchev–Trinajstić information content (AvgIpc) is 3.43. The molecule has 7 rings (SSSR count). The van der Waals surface area contributed by atoms with Crippen LogP contribution in [0.25, 0.3) is 0 Å². The molecule has 2 heterocycles. The fourth-order valence-electron chi connectivity index (χ4n) is 7.23. The van der Waals surface area contributed by atoms with E-state index in [9.17, 15) is 19.6 Å². The Bertz CT molecular complexity index is 1670. The zero-order valence-corrected chi connectivity index (χ0v) is 21.1. The number of nitrogens with zero attached hydrogens (tertiary/aromatic N) is 2. The lowest BCUT2D eigenvalue weighted by Crippen LogP contribution is -2.60. The van der Waals surface area contributed by atoms with Gasteiger partial charge in [-0.2, -0.15) is 5.26 Å². The van der Waals surface area contributed by atoms with Gasteiger partial charge >= 0.3 is 0 Å². The smallest absolute Gasteiger partial charge is 0.192 e. The van der Waals surface area contributed by atoms with E-state index < -0.39 is 17.4 Å². The first-order chi connectivity index (χ1) is 19.1. The summed E-state index contributed by atoms with van der Waals surface area (Å²) in [4.78, 5) is 45.8. The van der Waals surface area contributed by atoms with Crippen molar-refractivity contribution in [2.75, 3.05) is 6.54 Å². The van der Waals surface area contributed by atoms with Crippen molar-refractivity contribution >= 4 is 17.3 Å². The van der Waals surface area contributed by atoms with E-state index in [1.807, 2.05) is 35.2 Å². The summed E-state index contributed by atoms with van der Waals surface area (Å²) in [6, 6.07) is 33.1. The van der Waals surface area contributed by atoms with Crippen molar-refractivity contribution in [2.45, 2.75) is 23.9 Å². The highest BCUT2D eigenvalue weighted by atomic mass is 16.2. The van der Waals surface area contributed by atoms with Gasteiger partial charge in [-0.3, -0.25) is 19.3 Å². The summed E-state index contributed by atoms with van der Waals surface area (Å²) in [5.41, 5.74) is 3.14. The predicted octanol–water partition coefficient (Wildman–Crippen LogP) is 5.57. The van der Waals surface area contributed by atoms with Crippen molar-refractivity contribution in [3.8, 4) is 6.07 Å². The van der Waals surface area contributed by atoms with E-state index in [-0.39, 0.29) is 23.4 Å². The molecule has 0 radical (unpaired) electrons. The van der Waals surface area contributed by atoms with Crippen molar-refractivity contribution in [1.29, 1.82) is 5.26 Å². The highest BCUT2D eigenvalue weighted by Crippen LogP contribution is 2.61. The van der Waals surface area contributed by atoms with Crippen LogP contribution in [0.4, 0.5) is 0 Å². The minimum absolute atomic E-state index is 0.216. The molecule has 1 saturated heterocycles. The molecule has 5 heteroatoms. The first-order valence-electron chi connectivity index (χ1n) is 13.2. The van der Waals surface area contributed by atoms with Crippen LogP contribution < -0.4 is 0 Å². The standard InChI is InChI=1S/C34H24N2O3/c35-20-21-14-16-23(17-15-21)28-29(31(37)24-9-2-1-3-10-24)34(32(38)26-12-6-7-13-27(26)33(34)39)36-19-18-22-8-4-5-11-25(22)30(28)36/h1-17,28-30H,18-19H2/t28-,29+,30+/m0/s1. The molecule has 0 N–H and O–H groups in total. The predicted molar refractivity (Wildman–Crippen MR) is 146 cm³/mol. The number of hydrogen-bond acceptors (Lipinski definition) is 5. The second kappa shape index (κ2) is 8.69. The monoisotopic (exact) mass is 508 g/mol. The maximum Gasteiger partial charge on any atom is 0.192 e. The van der Waals surface area contributed by atoms with Gasteiger partial charge in [0.1, 0.15) is 0 Å². The van der Waals surface area contributed by atoms with Crippen LogP contribution in [0, 0.1) is 17.2 Å². The van der Waals surface area contributed by atoms with Crippen LogP contribution in [0.3, 0.4) is 0 Å². The van der Waals surface area contributed by atoms with E-state index in [2.05, 4.69) is 18.2 Å². The Balaban J connectivity index is 1.54. The Morgan fingerprint density at radius 1 is 0.795 bits per heavy atom. The zero-order valence-electron chi connectivity index (χ0n) is 21.1. The van der Waals surface area contributed by atoms with Gasteiger partial charge in [-0.05, 0) is 35.2 Å². The molecule has 1 fully saturated rings. The summed E-state index contributed by atoms with van der Waals surface area (Å²) in [6.07, 6.45) is 0.678. The number of Topliss-reactive ketones (excluding diaryl/α,β-unsaturated/α-hetero) is 3. The summed E-state index contributed by atoms with van der Waals surface area (Å²) in [6.45, 7) is 0.485. The number of rotatable bonds is 3. The van der Waals surface area contributed by atoms with Gasteiger partial charge in [-0.15, -0.1) is 0 Å². The van der Waals surface area contributed by atoms with E-state index in [1.165, 1.54) is 0 Å². The molecule has 0 saturated carbocycles. The van der Waals surface area contributed by atoms with Crippen LogP contribution in [0.2, 0.25) is 0 Å². The SMILES string of the molecule is N#Cc1ccc([C@@H]2[C@H]3c4ccccc4CCN3C3(C(=O)c4ccccc4C3=O)[C@H]2C(=O)c2ccccc2)cc1. The van der Waals surface area contributed by atoms with Gasteiger partial charge in [-0.25, -0.2) is 0 Å². The Morgan fingerprint density at radius 2 is 1.41 bits per heavy atom. The maximum atomic E-state index is 14.6. The largest absolute Gasteiger partial charge is 0.294 e. The summed E-state index contributed by atoms with van der Waals surface area (Å²) >= 11 is 0. The van der Waals surface area contributed by atoms with Gasteiger partial charge in [-0.1, -0.05) is 91.0 Å². The van der Waals surface area contributed by atoms with Crippen LogP contribution in [-0.2, 0) is 6.42 Å². The van der Waals surface area contributed by atoms with Crippen molar-refractivity contribution in [2.24, 2.45) is 5.92 Å². The first kappa shape index (κ1) is 23.5. The minimum Gasteiger partial charge on any atom is -0.294 e. The molecular weight excluding hydrogens is 484 g/mol. The van der Waals surface area contributed by atoms with Gasteiger partial charge in [0.25, 0.3) is 0 Å². The van der Waals surface area contributed by atoms with E-state index in [4.69, 9.17) is 0 Å². The van der Waals surface area contributed by atoms with Crippen LogP contribution in [0.5, 0.6) is 0 Å². The molecule has 0 aromatic heterocycles. The van der Waals surface area contributed by atoms with Gasteiger partial charge in [0.15, 0.2) is 22.9 Å². The number of hydrogen-bond donors (Lipinski definition) is 0. The van der Waals surface area contributed by atoms with Crippen LogP contribution >= 0.6 is 0 Å². The topological polar surface area (TPSA) is 78.2 Å². The summed E-state index contributed by atoms with van der Waals surface area (Å²) in [7, 11) is 0. The zero-order chi connectivity index (χ0) is 26.7. The normalized spacial score (nSPS) is 22.7. The molecule has 3 aliphatic rings. The van der Waals surface area contributed by atoms with Crippen molar-refractivity contribution in [1.82, 2.24) is 4.90 Å². The quantitative estimate of drug-likeness (QED) is 0.267. The third-order valence-electron chi connectivity index (χ3n) is 8.81. The number of carbonyl (C=O) groups is 3. The molecule has 0 unspecified atom stereocenters. The van der Waals surface area contributed by atoms with E-state index in [0.717, 1.165) is 16.7 Å². The lowest BCUT2D eigenvalue weighted by molar-refractivity contribution is 0.0409. The highest BCUT2D eigenvalue weighted by Gasteiger charge is 2.72. The van der Waals surface area contributed by atoms with Gasteiger partial charge < -0.3 is 0 Å². The molecule has 4 aromatic carbocycles.